The van der Waals surface area contributed by atoms with E-state index in [1.54, 1.807) is 49.0 Å². The Morgan fingerprint density at radius 3 is 2.31 bits per heavy atom. The Labute approximate surface area is 150 Å². The number of fused-ring (bicyclic) bond motifs is 2. The lowest BCUT2D eigenvalue weighted by Gasteiger charge is -2.26. The highest BCUT2D eigenvalue weighted by Crippen LogP contribution is 2.56. The Kier molecular flexibility index (Phi) is 3.27. The van der Waals surface area contributed by atoms with Crippen molar-refractivity contribution >= 4 is 10.8 Å². The zero-order valence-electron chi connectivity index (χ0n) is 15.1. The van der Waals surface area contributed by atoms with Crippen LogP contribution in [0, 0.1) is 0 Å². The first-order valence-electron chi connectivity index (χ1n) is 8.41. The van der Waals surface area contributed by atoms with Gasteiger partial charge in [-0.1, -0.05) is 29.5 Å². The minimum atomic E-state index is -1.14. The van der Waals surface area contributed by atoms with Gasteiger partial charge in [-0.25, -0.2) is 4.68 Å². The molecule has 0 saturated carbocycles. The maximum atomic E-state index is 10.9. The molecule has 2 aromatic carbocycles. The minimum absolute atomic E-state index is 0.00759. The second-order valence-electron chi connectivity index (χ2n) is 7.74. The molecular formula is C19H21N3O4. The summed E-state index contributed by atoms with van der Waals surface area (Å²) in [7, 11) is 0. The molecule has 1 unspecified atom stereocenters. The number of hydrogen-bond donors (Lipinski definition) is 3. The fourth-order valence-corrected chi connectivity index (χ4v) is 3.56. The van der Waals surface area contributed by atoms with Crippen LogP contribution in [0.3, 0.4) is 0 Å². The lowest BCUT2D eigenvalue weighted by Crippen LogP contribution is -2.35. The Morgan fingerprint density at radius 1 is 1.12 bits per heavy atom. The topological polar surface area (TPSA) is 101 Å². The molecule has 1 aliphatic rings. The number of benzene rings is 2. The van der Waals surface area contributed by atoms with E-state index in [1.165, 1.54) is 0 Å². The first kappa shape index (κ1) is 16.7. The molecule has 0 spiro atoms. The number of phenols is 2. The molecule has 1 aliphatic heterocycles. The molecule has 26 heavy (non-hydrogen) atoms. The standard InChI is InChI=1S/C19H21N3O4/c1-18(2,25)12-9-22(21-20-12)17-13-14(23)10-7-5-6-8-11(10)15(24)16(13)26-19(17,3)4/h5-9,17,23-25H,1-4H3. The van der Waals surface area contributed by atoms with E-state index in [4.69, 9.17) is 4.74 Å². The van der Waals surface area contributed by atoms with Gasteiger partial charge in [-0.2, -0.15) is 0 Å². The van der Waals surface area contributed by atoms with Crippen LogP contribution < -0.4 is 4.74 Å². The van der Waals surface area contributed by atoms with Crippen LogP contribution in [0.5, 0.6) is 17.2 Å². The summed E-state index contributed by atoms with van der Waals surface area (Å²) in [5.41, 5.74) is -1.07. The molecule has 7 nitrogen and oxygen atoms in total. The third-order valence-corrected chi connectivity index (χ3v) is 4.85. The summed E-state index contributed by atoms with van der Waals surface area (Å²) in [6, 6.07) is 6.55. The number of aromatic nitrogens is 3. The molecule has 7 heteroatoms. The van der Waals surface area contributed by atoms with Gasteiger partial charge in [-0.05, 0) is 27.7 Å². The first-order valence-corrected chi connectivity index (χ1v) is 8.41. The smallest absolute Gasteiger partial charge is 0.171 e. The molecule has 0 saturated heterocycles. The van der Waals surface area contributed by atoms with E-state index in [9.17, 15) is 15.3 Å². The van der Waals surface area contributed by atoms with Crippen molar-refractivity contribution in [3.05, 3.63) is 41.7 Å². The first-order chi connectivity index (χ1) is 12.1. The predicted molar refractivity (Wildman–Crippen MR) is 95.4 cm³/mol. The van der Waals surface area contributed by atoms with Crippen LogP contribution >= 0.6 is 0 Å². The molecule has 0 bridgehead atoms. The third-order valence-electron chi connectivity index (χ3n) is 4.85. The fraction of sp³-hybridized carbons (Fsp3) is 0.368. The minimum Gasteiger partial charge on any atom is -0.507 e. The molecule has 0 amide bonds. The van der Waals surface area contributed by atoms with Crippen molar-refractivity contribution < 1.29 is 20.1 Å². The highest BCUT2D eigenvalue weighted by atomic mass is 16.5. The zero-order valence-corrected chi connectivity index (χ0v) is 15.1. The van der Waals surface area contributed by atoms with Crippen LogP contribution in [0.4, 0.5) is 0 Å². The van der Waals surface area contributed by atoms with E-state index in [-0.39, 0.29) is 17.2 Å². The van der Waals surface area contributed by atoms with Gasteiger partial charge in [0.2, 0.25) is 0 Å². The quantitative estimate of drug-likeness (QED) is 0.611. The molecule has 1 aromatic heterocycles. The second kappa shape index (κ2) is 5.11. The Balaban J connectivity index is 1.98. The number of ether oxygens (including phenoxy) is 1. The van der Waals surface area contributed by atoms with E-state index in [0.29, 0.717) is 22.0 Å². The SMILES string of the molecule is CC(C)(O)c1cn(C2c3c(c(O)c4ccccc4c3O)OC2(C)C)nn1. The van der Waals surface area contributed by atoms with Crippen LogP contribution in [-0.2, 0) is 5.60 Å². The molecule has 0 aliphatic carbocycles. The average molecular weight is 355 g/mol. The van der Waals surface area contributed by atoms with E-state index in [1.807, 2.05) is 13.8 Å². The van der Waals surface area contributed by atoms with E-state index in [2.05, 4.69) is 10.3 Å². The van der Waals surface area contributed by atoms with Crippen molar-refractivity contribution in [2.24, 2.45) is 0 Å². The van der Waals surface area contributed by atoms with Gasteiger partial charge in [-0.15, -0.1) is 5.10 Å². The van der Waals surface area contributed by atoms with E-state index >= 15 is 0 Å². The Morgan fingerprint density at radius 2 is 1.73 bits per heavy atom. The second-order valence-corrected chi connectivity index (χ2v) is 7.74. The molecule has 136 valence electrons. The average Bonchev–Trinajstić information content (AvgIpc) is 3.14. The molecule has 2 heterocycles. The molecule has 4 rings (SSSR count). The number of aromatic hydroxyl groups is 2. The van der Waals surface area contributed by atoms with Gasteiger partial charge in [0.15, 0.2) is 11.5 Å². The highest BCUT2D eigenvalue weighted by molar-refractivity contribution is 5.97. The van der Waals surface area contributed by atoms with Crippen molar-refractivity contribution in [1.82, 2.24) is 15.0 Å². The van der Waals surface area contributed by atoms with Gasteiger partial charge in [0.05, 0.1) is 11.8 Å². The summed E-state index contributed by atoms with van der Waals surface area (Å²) in [5.74, 6) is 0.285. The fourth-order valence-electron chi connectivity index (χ4n) is 3.56. The lowest BCUT2D eigenvalue weighted by molar-refractivity contribution is 0.0732. The van der Waals surface area contributed by atoms with Crippen LogP contribution in [0.2, 0.25) is 0 Å². The highest BCUT2D eigenvalue weighted by Gasteiger charge is 2.47. The number of aliphatic hydroxyl groups is 1. The summed E-state index contributed by atoms with van der Waals surface area (Å²) in [6.07, 6.45) is 1.64. The summed E-state index contributed by atoms with van der Waals surface area (Å²) < 4.78 is 7.58. The van der Waals surface area contributed by atoms with Crippen LogP contribution in [0.15, 0.2) is 30.5 Å². The summed E-state index contributed by atoms with van der Waals surface area (Å²) >= 11 is 0. The van der Waals surface area contributed by atoms with Crippen LogP contribution in [0.25, 0.3) is 10.8 Å². The van der Waals surface area contributed by atoms with Crippen LogP contribution in [-0.4, -0.2) is 35.9 Å². The number of rotatable bonds is 2. The maximum Gasteiger partial charge on any atom is 0.171 e. The van der Waals surface area contributed by atoms with Gasteiger partial charge in [-0.3, -0.25) is 0 Å². The monoisotopic (exact) mass is 355 g/mol. The lowest BCUT2D eigenvalue weighted by atomic mass is 9.91. The van der Waals surface area contributed by atoms with Gasteiger partial charge >= 0.3 is 0 Å². The van der Waals surface area contributed by atoms with Crippen molar-refractivity contribution in [1.29, 1.82) is 0 Å². The van der Waals surface area contributed by atoms with Gasteiger partial charge < -0.3 is 20.1 Å². The number of nitrogens with zero attached hydrogens (tertiary/aromatic N) is 3. The largest absolute Gasteiger partial charge is 0.507 e. The van der Waals surface area contributed by atoms with Crippen molar-refractivity contribution in [2.75, 3.05) is 0 Å². The number of hydrogen-bond acceptors (Lipinski definition) is 6. The molecular weight excluding hydrogens is 334 g/mol. The number of phenolic OH excluding ortho intramolecular Hbond substituents is 2. The molecule has 1 atom stereocenters. The van der Waals surface area contributed by atoms with Gasteiger partial charge in [0.1, 0.15) is 28.7 Å². The van der Waals surface area contributed by atoms with Crippen molar-refractivity contribution in [2.45, 2.75) is 44.9 Å². The van der Waals surface area contributed by atoms with E-state index in [0.717, 1.165) is 0 Å². The molecule has 3 N–H and O–H groups in total. The van der Waals surface area contributed by atoms with Crippen molar-refractivity contribution in [3.63, 3.8) is 0 Å². The van der Waals surface area contributed by atoms with Gasteiger partial charge in [0, 0.05) is 10.8 Å². The van der Waals surface area contributed by atoms with Crippen LogP contribution in [0.1, 0.15) is 45.0 Å². The summed E-state index contributed by atoms with van der Waals surface area (Å²) in [6.45, 7) is 6.96. The predicted octanol–water partition coefficient (Wildman–Crippen LogP) is 2.83. The maximum absolute atomic E-state index is 10.9. The molecule has 3 aromatic rings. The summed E-state index contributed by atoms with van der Waals surface area (Å²) in [5, 5.41) is 41.1. The van der Waals surface area contributed by atoms with Gasteiger partial charge in [0.25, 0.3) is 0 Å². The Bertz CT molecular complexity index is 1020. The molecule has 0 fully saturated rings. The molecule has 0 radical (unpaired) electrons. The Hall–Kier alpha value is -2.80. The summed E-state index contributed by atoms with van der Waals surface area (Å²) in [4.78, 5) is 0. The van der Waals surface area contributed by atoms with Crippen molar-refractivity contribution in [3.8, 4) is 17.2 Å². The third kappa shape index (κ3) is 2.24. The normalized spacial score (nSPS) is 18.7. The van der Waals surface area contributed by atoms with E-state index < -0.39 is 17.2 Å². The zero-order chi connectivity index (χ0) is 18.9.